The number of hydrogen-bond donors (Lipinski definition) is 3. The van der Waals surface area contributed by atoms with Crippen molar-refractivity contribution in [2.45, 2.75) is 32.7 Å². The van der Waals surface area contributed by atoms with Gasteiger partial charge in [-0.1, -0.05) is 0 Å². The van der Waals surface area contributed by atoms with Crippen molar-refractivity contribution in [1.82, 2.24) is 0 Å². The fourth-order valence-electron chi connectivity index (χ4n) is 2.49. The van der Waals surface area contributed by atoms with Crippen LogP contribution in [0.2, 0.25) is 0 Å². The fourth-order valence-corrected chi connectivity index (χ4v) is 2.80. The predicted molar refractivity (Wildman–Crippen MR) is 91.0 cm³/mol. The van der Waals surface area contributed by atoms with Gasteiger partial charge in [-0.15, -0.1) is 0 Å². The van der Waals surface area contributed by atoms with Crippen LogP contribution < -0.4 is 10.2 Å². The summed E-state index contributed by atoms with van der Waals surface area (Å²) in [7, 11) is 1.57. The van der Waals surface area contributed by atoms with Crippen LogP contribution in [-0.4, -0.2) is 30.9 Å². The zero-order valence-corrected chi connectivity index (χ0v) is 14.7. The number of fused-ring (bicyclic) bond motifs is 1. The summed E-state index contributed by atoms with van der Waals surface area (Å²) in [6.45, 7) is 5.84. The van der Waals surface area contributed by atoms with Gasteiger partial charge in [-0.2, -0.15) is 0 Å². The summed E-state index contributed by atoms with van der Waals surface area (Å²) in [5.74, 6) is 0.142. The number of rotatable bonds is 3. The molecule has 5 nitrogen and oxygen atoms in total. The molecule has 0 bridgehead atoms. The van der Waals surface area contributed by atoms with E-state index in [9.17, 15) is 4.39 Å². The Bertz CT molecular complexity index is 645. The molecule has 3 N–H and O–H groups in total. The van der Waals surface area contributed by atoms with Crippen molar-refractivity contribution < 1.29 is 9.13 Å². The fraction of sp³-hybridized carbons (Fsp3) is 0.467. The minimum absolute atomic E-state index is 0.253. The molecule has 22 heavy (non-hydrogen) atoms. The number of anilines is 2. The van der Waals surface area contributed by atoms with E-state index in [-0.39, 0.29) is 17.5 Å². The summed E-state index contributed by atoms with van der Waals surface area (Å²) in [5.41, 5.74) is 1.18. The molecular formula is C15H20BrFN4O. The van der Waals surface area contributed by atoms with Gasteiger partial charge in [-0.05, 0) is 42.3 Å². The SMILES string of the molecule is COCCC(=N)N1C(=N)C(C)(C)Nc2cc(F)c(Br)c(C)c21. The number of ether oxygens (including phenoxy) is 1. The number of benzene rings is 1. The summed E-state index contributed by atoms with van der Waals surface area (Å²) < 4.78 is 19.4. The van der Waals surface area contributed by atoms with E-state index in [1.54, 1.807) is 18.9 Å². The zero-order valence-electron chi connectivity index (χ0n) is 13.1. The van der Waals surface area contributed by atoms with E-state index < -0.39 is 5.54 Å². The first-order valence-electron chi connectivity index (χ1n) is 6.93. The lowest BCUT2D eigenvalue weighted by atomic mass is 9.95. The van der Waals surface area contributed by atoms with Crippen LogP contribution in [0.1, 0.15) is 25.8 Å². The van der Waals surface area contributed by atoms with Gasteiger partial charge < -0.3 is 10.1 Å². The Morgan fingerprint density at radius 1 is 1.50 bits per heavy atom. The molecule has 1 aliphatic rings. The smallest absolute Gasteiger partial charge is 0.139 e. The van der Waals surface area contributed by atoms with Gasteiger partial charge in [0, 0.05) is 19.6 Å². The minimum atomic E-state index is -0.695. The van der Waals surface area contributed by atoms with Gasteiger partial charge in [-0.3, -0.25) is 15.7 Å². The highest BCUT2D eigenvalue weighted by Crippen LogP contribution is 2.42. The molecule has 120 valence electrons. The number of hydrogen-bond acceptors (Lipinski definition) is 4. The first-order chi connectivity index (χ1) is 10.2. The lowest BCUT2D eigenvalue weighted by Crippen LogP contribution is -2.55. The van der Waals surface area contributed by atoms with E-state index in [1.807, 2.05) is 13.8 Å². The largest absolute Gasteiger partial charge is 0.384 e. The maximum Gasteiger partial charge on any atom is 0.139 e. The van der Waals surface area contributed by atoms with Crippen LogP contribution in [0.3, 0.4) is 0 Å². The second kappa shape index (κ2) is 5.96. The maximum absolute atomic E-state index is 14.0. The molecule has 0 spiro atoms. The summed E-state index contributed by atoms with van der Waals surface area (Å²) in [6, 6.07) is 1.40. The Hall–Kier alpha value is -1.47. The predicted octanol–water partition coefficient (Wildman–Crippen LogP) is 3.90. The second-order valence-electron chi connectivity index (χ2n) is 5.82. The van der Waals surface area contributed by atoms with Gasteiger partial charge in [0.25, 0.3) is 0 Å². The Morgan fingerprint density at radius 3 is 2.73 bits per heavy atom. The van der Waals surface area contributed by atoms with E-state index >= 15 is 0 Å². The Morgan fingerprint density at radius 2 is 2.14 bits per heavy atom. The standard InChI is InChI=1S/C15H20BrFN4O/c1-8-12(16)9(17)7-10-13(8)21(11(18)5-6-22-4)14(19)15(2,3)20-10/h7,18-20H,5-6H2,1-4H3. The Labute approximate surface area is 138 Å². The monoisotopic (exact) mass is 370 g/mol. The maximum atomic E-state index is 14.0. The quantitative estimate of drug-likeness (QED) is 0.558. The van der Waals surface area contributed by atoms with Gasteiger partial charge in [0.05, 0.1) is 28.0 Å². The van der Waals surface area contributed by atoms with E-state index in [1.165, 1.54) is 6.07 Å². The van der Waals surface area contributed by atoms with Crippen molar-refractivity contribution in [1.29, 1.82) is 10.8 Å². The summed E-state index contributed by atoms with van der Waals surface area (Å²) in [6.07, 6.45) is 0.378. The van der Waals surface area contributed by atoms with Gasteiger partial charge in [0.2, 0.25) is 0 Å². The number of halogens is 2. The van der Waals surface area contributed by atoms with Gasteiger partial charge in [-0.25, -0.2) is 4.39 Å². The minimum Gasteiger partial charge on any atom is -0.384 e. The first-order valence-corrected chi connectivity index (χ1v) is 7.72. The third-order valence-electron chi connectivity index (χ3n) is 3.72. The zero-order chi connectivity index (χ0) is 16.7. The lowest BCUT2D eigenvalue weighted by molar-refractivity contribution is 0.207. The van der Waals surface area contributed by atoms with Gasteiger partial charge in [0.1, 0.15) is 17.5 Å². The molecule has 0 saturated carbocycles. The molecule has 0 aliphatic carbocycles. The molecule has 0 aromatic heterocycles. The van der Waals surface area contributed by atoms with Crippen LogP contribution in [0, 0.1) is 23.6 Å². The van der Waals surface area contributed by atoms with Crippen LogP contribution in [0.4, 0.5) is 15.8 Å². The average molecular weight is 371 g/mol. The van der Waals surface area contributed by atoms with Crippen LogP contribution >= 0.6 is 15.9 Å². The molecule has 0 radical (unpaired) electrons. The number of amidine groups is 2. The molecule has 0 saturated heterocycles. The number of methoxy groups -OCH3 is 1. The van der Waals surface area contributed by atoms with Crippen molar-refractivity contribution in [3.63, 3.8) is 0 Å². The molecule has 2 rings (SSSR count). The average Bonchev–Trinajstić information content (AvgIpc) is 2.44. The first kappa shape index (κ1) is 16.9. The molecular weight excluding hydrogens is 351 g/mol. The highest BCUT2D eigenvalue weighted by atomic mass is 79.9. The normalized spacial score (nSPS) is 16.3. The number of nitrogens with zero attached hydrogens (tertiary/aromatic N) is 1. The van der Waals surface area contributed by atoms with E-state index in [2.05, 4.69) is 21.2 Å². The molecule has 0 unspecified atom stereocenters. The molecule has 0 atom stereocenters. The molecule has 0 amide bonds. The summed E-state index contributed by atoms with van der Waals surface area (Å²) >= 11 is 3.24. The topological polar surface area (TPSA) is 72.2 Å². The highest BCUT2D eigenvalue weighted by Gasteiger charge is 2.39. The van der Waals surface area contributed by atoms with E-state index in [0.717, 1.165) is 0 Å². The van der Waals surface area contributed by atoms with Gasteiger partial charge in [0.15, 0.2) is 0 Å². The lowest BCUT2D eigenvalue weighted by Gasteiger charge is -2.43. The molecule has 1 aromatic rings. The van der Waals surface area contributed by atoms with Crippen LogP contribution in [0.5, 0.6) is 0 Å². The van der Waals surface area contributed by atoms with Crippen LogP contribution in [0.25, 0.3) is 0 Å². The van der Waals surface area contributed by atoms with Crippen molar-refractivity contribution in [3.8, 4) is 0 Å². The second-order valence-corrected chi connectivity index (χ2v) is 6.61. The van der Waals surface area contributed by atoms with Crippen LogP contribution in [-0.2, 0) is 4.74 Å². The van der Waals surface area contributed by atoms with Crippen molar-refractivity contribution >= 4 is 39.0 Å². The third-order valence-corrected chi connectivity index (χ3v) is 4.69. The van der Waals surface area contributed by atoms with Gasteiger partial charge >= 0.3 is 0 Å². The summed E-state index contributed by atoms with van der Waals surface area (Å²) in [4.78, 5) is 1.57. The molecule has 1 heterocycles. The van der Waals surface area contributed by atoms with Crippen molar-refractivity contribution in [3.05, 3.63) is 21.9 Å². The molecule has 1 aromatic carbocycles. The van der Waals surface area contributed by atoms with E-state index in [0.29, 0.717) is 34.4 Å². The molecule has 7 heteroatoms. The molecule has 0 fully saturated rings. The Kier molecular flexibility index (Phi) is 4.58. The Balaban J connectivity index is 2.60. The molecule has 1 aliphatic heterocycles. The van der Waals surface area contributed by atoms with Crippen molar-refractivity contribution in [2.75, 3.05) is 23.9 Å². The van der Waals surface area contributed by atoms with E-state index in [4.69, 9.17) is 15.6 Å². The third kappa shape index (κ3) is 2.75. The highest BCUT2D eigenvalue weighted by molar-refractivity contribution is 9.10. The summed E-state index contributed by atoms with van der Waals surface area (Å²) in [5, 5.41) is 19.9. The number of nitrogens with one attached hydrogen (secondary N) is 3. The van der Waals surface area contributed by atoms with Crippen molar-refractivity contribution in [2.24, 2.45) is 0 Å². The van der Waals surface area contributed by atoms with Crippen LogP contribution in [0.15, 0.2) is 10.5 Å².